The number of carbonyl (C=O) groups excluding carboxylic acids is 1. The standard InChI is InChI=1S/C24H17Br3N2O3/c1-31-22-11-16(10-17(13-28)24(30)29-20-8-6-19(26)7-9-20)21(27)12-23(22)32-14-15-2-4-18(25)5-3-15/h2-12H,14H2,1H3,(H,29,30)/b17-10+. The molecule has 0 aliphatic rings. The molecule has 1 amide bonds. The number of hydrogen-bond donors (Lipinski definition) is 1. The van der Waals surface area contributed by atoms with Gasteiger partial charge in [-0.25, -0.2) is 0 Å². The van der Waals surface area contributed by atoms with Gasteiger partial charge >= 0.3 is 0 Å². The van der Waals surface area contributed by atoms with E-state index in [0.717, 1.165) is 14.5 Å². The van der Waals surface area contributed by atoms with Crippen LogP contribution < -0.4 is 14.8 Å². The summed E-state index contributed by atoms with van der Waals surface area (Å²) in [4.78, 5) is 12.6. The molecule has 0 bridgehead atoms. The van der Waals surface area contributed by atoms with Crippen LogP contribution in [0, 0.1) is 11.3 Å². The van der Waals surface area contributed by atoms with Crippen molar-refractivity contribution < 1.29 is 14.3 Å². The van der Waals surface area contributed by atoms with Gasteiger partial charge in [0.2, 0.25) is 0 Å². The first-order valence-corrected chi connectivity index (χ1v) is 11.7. The van der Waals surface area contributed by atoms with Gasteiger partial charge in [-0.15, -0.1) is 0 Å². The lowest BCUT2D eigenvalue weighted by Crippen LogP contribution is -2.13. The van der Waals surface area contributed by atoms with Crippen LogP contribution in [0.15, 0.2) is 79.7 Å². The molecule has 5 nitrogen and oxygen atoms in total. The van der Waals surface area contributed by atoms with Crippen molar-refractivity contribution in [3.8, 4) is 17.6 Å². The van der Waals surface area contributed by atoms with Crippen LogP contribution in [0.4, 0.5) is 5.69 Å². The Hall–Kier alpha value is -2.60. The average molecular weight is 621 g/mol. The molecule has 0 spiro atoms. The first-order chi connectivity index (χ1) is 15.4. The fraction of sp³-hybridized carbons (Fsp3) is 0.0833. The summed E-state index contributed by atoms with van der Waals surface area (Å²) in [7, 11) is 1.54. The number of carbonyl (C=O) groups is 1. The molecule has 0 saturated carbocycles. The summed E-state index contributed by atoms with van der Waals surface area (Å²) in [5, 5.41) is 12.2. The second-order valence-electron chi connectivity index (χ2n) is 6.57. The highest BCUT2D eigenvalue weighted by atomic mass is 79.9. The first kappa shape index (κ1) is 24.1. The normalized spacial score (nSPS) is 10.9. The maximum Gasteiger partial charge on any atom is 0.266 e. The first-order valence-electron chi connectivity index (χ1n) is 9.33. The third-order valence-corrected chi connectivity index (χ3v) is 6.10. The molecule has 0 aliphatic carbocycles. The van der Waals surface area contributed by atoms with E-state index in [0.29, 0.717) is 33.8 Å². The van der Waals surface area contributed by atoms with Crippen LogP contribution in [0.2, 0.25) is 0 Å². The summed E-state index contributed by atoms with van der Waals surface area (Å²) in [6.07, 6.45) is 1.50. The Balaban J connectivity index is 1.80. The molecule has 0 saturated heterocycles. The van der Waals surface area contributed by atoms with E-state index in [4.69, 9.17) is 9.47 Å². The third kappa shape index (κ3) is 6.45. The van der Waals surface area contributed by atoms with E-state index < -0.39 is 5.91 Å². The lowest BCUT2D eigenvalue weighted by atomic mass is 10.1. The van der Waals surface area contributed by atoms with Gasteiger partial charge in [-0.05, 0) is 65.7 Å². The highest BCUT2D eigenvalue weighted by molar-refractivity contribution is 9.11. The number of rotatable bonds is 7. The van der Waals surface area contributed by atoms with E-state index in [1.54, 1.807) is 36.4 Å². The van der Waals surface area contributed by atoms with Crippen molar-refractivity contribution in [3.05, 3.63) is 90.8 Å². The van der Waals surface area contributed by atoms with E-state index in [1.165, 1.54) is 13.2 Å². The van der Waals surface area contributed by atoms with Crippen LogP contribution in [0.25, 0.3) is 6.08 Å². The molecule has 8 heteroatoms. The minimum Gasteiger partial charge on any atom is -0.493 e. The van der Waals surface area contributed by atoms with Crippen LogP contribution in [0.1, 0.15) is 11.1 Å². The Morgan fingerprint density at radius 2 is 1.62 bits per heavy atom. The highest BCUT2D eigenvalue weighted by Gasteiger charge is 2.14. The molecule has 0 radical (unpaired) electrons. The van der Waals surface area contributed by atoms with Gasteiger partial charge in [0, 0.05) is 19.1 Å². The van der Waals surface area contributed by atoms with Gasteiger partial charge < -0.3 is 14.8 Å². The summed E-state index contributed by atoms with van der Waals surface area (Å²) in [6, 6.07) is 20.3. The molecule has 1 N–H and O–H groups in total. The Morgan fingerprint density at radius 1 is 1.00 bits per heavy atom. The minimum atomic E-state index is -0.503. The molecule has 162 valence electrons. The molecule has 0 aromatic heterocycles. The lowest BCUT2D eigenvalue weighted by molar-refractivity contribution is -0.112. The van der Waals surface area contributed by atoms with Crippen molar-refractivity contribution in [2.45, 2.75) is 6.61 Å². The van der Waals surface area contributed by atoms with E-state index in [9.17, 15) is 10.1 Å². The number of nitrogens with one attached hydrogen (secondary N) is 1. The summed E-state index contributed by atoms with van der Waals surface area (Å²) in [5.41, 5.74) is 2.17. The number of amides is 1. The average Bonchev–Trinajstić information content (AvgIpc) is 2.79. The fourth-order valence-electron chi connectivity index (χ4n) is 2.71. The number of hydrogen-bond acceptors (Lipinski definition) is 4. The van der Waals surface area contributed by atoms with Crippen LogP contribution in [0.3, 0.4) is 0 Å². The number of ether oxygens (including phenoxy) is 2. The van der Waals surface area contributed by atoms with E-state index in [-0.39, 0.29) is 5.57 Å². The summed E-state index contributed by atoms with van der Waals surface area (Å²) in [6.45, 7) is 0.365. The quantitative estimate of drug-likeness (QED) is 0.226. The molecular formula is C24H17Br3N2O3. The molecule has 0 unspecified atom stereocenters. The molecular weight excluding hydrogens is 604 g/mol. The predicted octanol–water partition coefficient (Wildman–Crippen LogP) is 7.11. The van der Waals surface area contributed by atoms with Gasteiger partial charge in [-0.1, -0.05) is 59.9 Å². The molecule has 3 aromatic carbocycles. The minimum absolute atomic E-state index is 0.0424. The SMILES string of the molecule is COc1cc(/C=C(\C#N)C(=O)Nc2ccc(Br)cc2)c(Br)cc1OCc1ccc(Br)cc1. The van der Waals surface area contributed by atoms with Crippen LogP contribution in [0.5, 0.6) is 11.5 Å². The van der Waals surface area contributed by atoms with Crippen molar-refractivity contribution in [2.24, 2.45) is 0 Å². The lowest BCUT2D eigenvalue weighted by Gasteiger charge is -2.13. The third-order valence-electron chi connectivity index (χ3n) is 4.36. The zero-order valence-electron chi connectivity index (χ0n) is 16.9. The van der Waals surface area contributed by atoms with E-state index in [2.05, 4.69) is 53.1 Å². The molecule has 0 fully saturated rings. The Morgan fingerprint density at radius 3 is 2.22 bits per heavy atom. The smallest absolute Gasteiger partial charge is 0.266 e. The van der Waals surface area contributed by atoms with Crippen LogP contribution in [-0.4, -0.2) is 13.0 Å². The molecule has 0 aliphatic heterocycles. The topological polar surface area (TPSA) is 71.3 Å². The largest absolute Gasteiger partial charge is 0.493 e. The summed E-state index contributed by atoms with van der Waals surface area (Å²) < 4.78 is 13.9. The number of anilines is 1. The van der Waals surface area contributed by atoms with Gasteiger partial charge in [0.25, 0.3) is 5.91 Å². The van der Waals surface area contributed by atoms with Crippen molar-refractivity contribution in [1.82, 2.24) is 0 Å². The molecule has 32 heavy (non-hydrogen) atoms. The van der Waals surface area contributed by atoms with Gasteiger partial charge in [0.05, 0.1) is 7.11 Å². The van der Waals surface area contributed by atoms with Crippen molar-refractivity contribution >= 4 is 65.5 Å². The zero-order chi connectivity index (χ0) is 23.1. The van der Waals surface area contributed by atoms with Gasteiger partial charge in [0.15, 0.2) is 11.5 Å². The Bertz CT molecular complexity index is 1180. The van der Waals surface area contributed by atoms with Gasteiger partial charge in [-0.2, -0.15) is 5.26 Å². The monoisotopic (exact) mass is 618 g/mol. The zero-order valence-corrected chi connectivity index (χ0v) is 21.6. The molecule has 3 aromatic rings. The number of benzene rings is 3. The number of nitriles is 1. The van der Waals surface area contributed by atoms with Crippen LogP contribution >= 0.6 is 47.8 Å². The Kier molecular flexibility index (Phi) is 8.51. The maximum absolute atomic E-state index is 12.6. The van der Waals surface area contributed by atoms with Gasteiger partial charge in [-0.3, -0.25) is 4.79 Å². The van der Waals surface area contributed by atoms with Crippen molar-refractivity contribution in [3.63, 3.8) is 0 Å². The van der Waals surface area contributed by atoms with E-state index >= 15 is 0 Å². The van der Waals surface area contributed by atoms with E-state index in [1.807, 2.05) is 30.3 Å². The van der Waals surface area contributed by atoms with Crippen LogP contribution in [-0.2, 0) is 11.4 Å². The van der Waals surface area contributed by atoms with Crippen molar-refractivity contribution in [2.75, 3.05) is 12.4 Å². The summed E-state index contributed by atoms with van der Waals surface area (Å²) in [5.74, 6) is 0.524. The van der Waals surface area contributed by atoms with Crippen molar-refractivity contribution in [1.29, 1.82) is 5.26 Å². The predicted molar refractivity (Wildman–Crippen MR) is 136 cm³/mol. The molecule has 0 heterocycles. The molecule has 3 rings (SSSR count). The summed E-state index contributed by atoms with van der Waals surface area (Å²) >= 11 is 10.3. The highest BCUT2D eigenvalue weighted by Crippen LogP contribution is 2.35. The number of nitrogens with zero attached hydrogens (tertiary/aromatic N) is 1. The fourth-order valence-corrected chi connectivity index (χ4v) is 3.68. The number of methoxy groups -OCH3 is 1. The van der Waals surface area contributed by atoms with Gasteiger partial charge in [0.1, 0.15) is 18.2 Å². The Labute approximate surface area is 211 Å². The maximum atomic E-state index is 12.6. The molecule has 0 atom stereocenters. The number of halogens is 3. The second kappa shape index (κ2) is 11.3. The second-order valence-corrected chi connectivity index (χ2v) is 9.26.